The van der Waals surface area contributed by atoms with Gasteiger partial charge in [-0.1, -0.05) is 84.9 Å². The van der Waals surface area contributed by atoms with Crippen molar-refractivity contribution in [2.45, 2.75) is 23.9 Å². The Balaban J connectivity index is 1.70. The number of ketones is 1. The summed E-state index contributed by atoms with van der Waals surface area (Å²) < 4.78 is 10.8. The molecule has 1 aliphatic rings. The minimum absolute atomic E-state index is 0.0567. The van der Waals surface area contributed by atoms with Crippen molar-refractivity contribution in [3.8, 4) is 11.5 Å². The molecule has 4 aromatic rings. The average Bonchev–Trinajstić information content (AvgIpc) is 3.27. The number of ether oxygens (including phenoxy) is 2. The van der Waals surface area contributed by atoms with Crippen LogP contribution in [0.2, 0.25) is 0 Å². The van der Waals surface area contributed by atoms with Gasteiger partial charge in [-0.25, -0.2) is 0 Å². The van der Waals surface area contributed by atoms with Gasteiger partial charge in [0.05, 0.1) is 20.1 Å². The molecule has 1 N–H and O–H groups in total. The minimum Gasteiger partial charge on any atom is -0.497 e. The van der Waals surface area contributed by atoms with E-state index in [0.717, 1.165) is 28.2 Å². The Hall–Kier alpha value is -3.89. The van der Waals surface area contributed by atoms with Gasteiger partial charge in [0.15, 0.2) is 5.78 Å². The van der Waals surface area contributed by atoms with E-state index in [1.165, 1.54) is 0 Å². The highest BCUT2D eigenvalue weighted by Crippen LogP contribution is 2.59. The number of hydrogen-bond acceptors (Lipinski definition) is 4. The zero-order valence-electron chi connectivity index (χ0n) is 20.5. The highest BCUT2D eigenvalue weighted by Gasteiger charge is 2.57. The molecule has 0 aliphatic heterocycles. The lowest BCUT2D eigenvalue weighted by molar-refractivity contribution is -0.000255. The van der Waals surface area contributed by atoms with Gasteiger partial charge in [0, 0.05) is 11.5 Å². The zero-order chi connectivity index (χ0) is 25.1. The van der Waals surface area contributed by atoms with E-state index in [2.05, 4.69) is 0 Å². The lowest BCUT2D eigenvalue weighted by atomic mass is 9.73. The normalized spacial score (nSPS) is 23.2. The van der Waals surface area contributed by atoms with Gasteiger partial charge >= 0.3 is 0 Å². The number of Topliss-reactive ketones (excluding diaryl/α,β-unsaturated/α-hetero) is 1. The number of aliphatic hydroxyl groups is 1. The van der Waals surface area contributed by atoms with Crippen LogP contribution >= 0.6 is 0 Å². The summed E-state index contributed by atoms with van der Waals surface area (Å²) in [4.78, 5) is 14.2. The SMILES string of the molecule is COc1ccc([C@@H]2[C@@H](c3ccc(OC)cc3)C[C@@](O)(c3ccccc3)[C@H]2C(=O)c2ccccc2)cc1. The maximum absolute atomic E-state index is 14.2. The molecular weight excluding hydrogens is 448 g/mol. The molecule has 4 heteroatoms. The maximum atomic E-state index is 14.2. The molecule has 5 rings (SSSR count). The van der Waals surface area contributed by atoms with Crippen molar-refractivity contribution >= 4 is 5.78 Å². The molecule has 0 bridgehead atoms. The second-order valence-electron chi connectivity index (χ2n) is 9.38. The van der Waals surface area contributed by atoms with E-state index in [1.54, 1.807) is 14.2 Å². The first-order valence-corrected chi connectivity index (χ1v) is 12.2. The van der Waals surface area contributed by atoms with Crippen molar-refractivity contribution in [2.24, 2.45) is 5.92 Å². The predicted octanol–water partition coefficient (Wildman–Crippen LogP) is 6.36. The summed E-state index contributed by atoms with van der Waals surface area (Å²) in [5, 5.41) is 12.4. The predicted molar refractivity (Wildman–Crippen MR) is 141 cm³/mol. The van der Waals surface area contributed by atoms with E-state index in [4.69, 9.17) is 9.47 Å². The zero-order valence-corrected chi connectivity index (χ0v) is 20.5. The second kappa shape index (κ2) is 10.00. The van der Waals surface area contributed by atoms with E-state index >= 15 is 0 Å². The third kappa shape index (κ3) is 4.29. The Labute approximate surface area is 212 Å². The summed E-state index contributed by atoms with van der Waals surface area (Å²) in [6.07, 6.45) is 0.420. The molecule has 1 saturated carbocycles. The van der Waals surface area contributed by atoms with Gasteiger partial charge < -0.3 is 14.6 Å². The fourth-order valence-electron chi connectivity index (χ4n) is 5.73. The van der Waals surface area contributed by atoms with Crippen molar-refractivity contribution < 1.29 is 19.4 Å². The average molecular weight is 479 g/mol. The monoisotopic (exact) mass is 478 g/mol. The van der Waals surface area contributed by atoms with Crippen molar-refractivity contribution in [2.75, 3.05) is 14.2 Å². The fourth-order valence-corrected chi connectivity index (χ4v) is 5.73. The second-order valence-corrected chi connectivity index (χ2v) is 9.38. The summed E-state index contributed by atoms with van der Waals surface area (Å²) in [6, 6.07) is 34.7. The summed E-state index contributed by atoms with van der Waals surface area (Å²) in [7, 11) is 3.29. The number of rotatable bonds is 7. The van der Waals surface area contributed by atoms with Gasteiger partial charge in [-0.05, 0) is 53.3 Å². The van der Waals surface area contributed by atoms with Gasteiger partial charge in [-0.3, -0.25) is 4.79 Å². The lowest BCUT2D eigenvalue weighted by Gasteiger charge is -2.33. The molecule has 0 heterocycles. The van der Waals surface area contributed by atoms with Crippen LogP contribution in [0.1, 0.15) is 45.3 Å². The molecule has 36 heavy (non-hydrogen) atoms. The molecule has 182 valence electrons. The minimum atomic E-state index is -1.34. The molecule has 0 radical (unpaired) electrons. The third-order valence-electron chi connectivity index (χ3n) is 7.50. The number of methoxy groups -OCH3 is 2. The van der Waals surface area contributed by atoms with Crippen LogP contribution in [0.25, 0.3) is 0 Å². The maximum Gasteiger partial charge on any atom is 0.169 e. The Bertz CT molecular complexity index is 1300. The molecular formula is C32H30O4. The van der Waals surface area contributed by atoms with E-state index in [-0.39, 0.29) is 17.6 Å². The van der Waals surface area contributed by atoms with Crippen molar-refractivity contribution in [1.82, 2.24) is 0 Å². The summed E-state index contributed by atoms with van der Waals surface area (Å²) in [5.41, 5.74) is 2.08. The molecule has 0 unspecified atom stereocenters. The van der Waals surface area contributed by atoms with Crippen LogP contribution in [0.4, 0.5) is 0 Å². The highest BCUT2D eigenvalue weighted by molar-refractivity contribution is 5.99. The Morgan fingerprint density at radius 1 is 0.722 bits per heavy atom. The van der Waals surface area contributed by atoms with E-state index in [0.29, 0.717) is 12.0 Å². The van der Waals surface area contributed by atoms with Crippen LogP contribution < -0.4 is 9.47 Å². The number of benzene rings is 4. The molecule has 1 fully saturated rings. The van der Waals surface area contributed by atoms with Crippen molar-refractivity contribution in [3.05, 3.63) is 131 Å². The Morgan fingerprint density at radius 3 is 1.75 bits per heavy atom. The van der Waals surface area contributed by atoms with Crippen molar-refractivity contribution in [1.29, 1.82) is 0 Å². The van der Waals surface area contributed by atoms with Gasteiger partial charge in [-0.2, -0.15) is 0 Å². The number of carbonyl (C=O) groups excluding carboxylic acids is 1. The molecule has 0 spiro atoms. The number of hydrogen-bond donors (Lipinski definition) is 1. The van der Waals surface area contributed by atoms with Gasteiger partial charge in [0.2, 0.25) is 0 Å². The van der Waals surface area contributed by atoms with Crippen LogP contribution in [0.3, 0.4) is 0 Å². The first-order valence-electron chi connectivity index (χ1n) is 12.2. The van der Waals surface area contributed by atoms with Crippen LogP contribution in [0.5, 0.6) is 11.5 Å². The standard InChI is InChI=1S/C32H30O4/c1-35-26-17-13-22(14-18-26)28-21-32(34,25-11-7-4-8-12-25)30(31(33)24-9-5-3-6-10-24)29(28)23-15-19-27(36-2)20-16-23/h3-20,28-30,34H,21H2,1-2H3/t28-,29-,30-,32-/m1/s1. The smallest absolute Gasteiger partial charge is 0.169 e. The molecule has 1 aliphatic carbocycles. The Morgan fingerprint density at radius 2 is 1.22 bits per heavy atom. The van der Waals surface area contributed by atoms with E-state index in [9.17, 15) is 9.90 Å². The van der Waals surface area contributed by atoms with Gasteiger partial charge in [0.1, 0.15) is 17.1 Å². The van der Waals surface area contributed by atoms with Gasteiger partial charge in [0.25, 0.3) is 0 Å². The van der Waals surface area contributed by atoms with Crippen LogP contribution in [-0.4, -0.2) is 25.1 Å². The topological polar surface area (TPSA) is 55.8 Å². The molecule has 4 atom stereocenters. The first kappa shape index (κ1) is 23.8. The summed E-state index contributed by atoms with van der Waals surface area (Å²) in [6.45, 7) is 0. The quantitative estimate of drug-likeness (QED) is 0.314. The largest absolute Gasteiger partial charge is 0.497 e. The van der Waals surface area contributed by atoms with E-state index in [1.807, 2.05) is 109 Å². The fraction of sp³-hybridized carbons (Fsp3) is 0.219. The summed E-state index contributed by atoms with van der Waals surface area (Å²) in [5.74, 6) is 0.450. The summed E-state index contributed by atoms with van der Waals surface area (Å²) >= 11 is 0. The Kier molecular flexibility index (Phi) is 6.62. The van der Waals surface area contributed by atoms with Crippen LogP contribution in [0.15, 0.2) is 109 Å². The van der Waals surface area contributed by atoms with Crippen LogP contribution in [0, 0.1) is 5.92 Å². The first-order chi connectivity index (χ1) is 17.5. The molecule has 0 aromatic heterocycles. The number of carbonyl (C=O) groups is 1. The molecule has 0 amide bonds. The van der Waals surface area contributed by atoms with Gasteiger partial charge in [-0.15, -0.1) is 0 Å². The lowest BCUT2D eigenvalue weighted by Crippen LogP contribution is -2.37. The van der Waals surface area contributed by atoms with Crippen molar-refractivity contribution in [3.63, 3.8) is 0 Å². The molecule has 4 nitrogen and oxygen atoms in total. The molecule has 0 saturated heterocycles. The van der Waals surface area contributed by atoms with Crippen LogP contribution in [-0.2, 0) is 5.60 Å². The van der Waals surface area contributed by atoms with E-state index < -0.39 is 11.5 Å². The molecule has 4 aromatic carbocycles. The highest BCUT2D eigenvalue weighted by atomic mass is 16.5. The third-order valence-corrected chi connectivity index (χ3v) is 7.50.